The average Bonchev–Trinajstić information content (AvgIpc) is 2.29. The maximum Gasteiger partial charge on any atom is 0.209 e. The van der Waals surface area contributed by atoms with E-state index in [0.717, 1.165) is 6.42 Å². The van der Waals surface area contributed by atoms with Crippen molar-refractivity contribution in [1.82, 2.24) is 10.0 Å². The summed E-state index contributed by atoms with van der Waals surface area (Å²) in [5.74, 6) is 0. The lowest BCUT2D eigenvalue weighted by Gasteiger charge is -2.28. The highest BCUT2D eigenvalue weighted by Crippen LogP contribution is 2.18. The van der Waals surface area contributed by atoms with Gasteiger partial charge in [0.05, 0.1) is 6.26 Å². The van der Waals surface area contributed by atoms with Gasteiger partial charge in [-0.2, -0.15) is 0 Å². The van der Waals surface area contributed by atoms with Crippen LogP contribution >= 0.6 is 0 Å². The molecule has 0 bridgehead atoms. The molecule has 1 atom stereocenters. The minimum atomic E-state index is -3.20. The first-order valence-corrected chi connectivity index (χ1v) is 8.81. The van der Waals surface area contributed by atoms with Crippen LogP contribution in [0.15, 0.2) is 24.3 Å². The zero-order valence-electron chi connectivity index (χ0n) is 13.0. The van der Waals surface area contributed by atoms with E-state index in [0.29, 0.717) is 6.54 Å². The predicted octanol–water partition coefficient (Wildman–Crippen LogP) is 2.36. The van der Waals surface area contributed by atoms with Crippen LogP contribution in [0.3, 0.4) is 0 Å². The Morgan fingerprint density at radius 1 is 1.20 bits per heavy atom. The van der Waals surface area contributed by atoms with Crippen LogP contribution in [0.4, 0.5) is 0 Å². The molecule has 2 N–H and O–H groups in total. The van der Waals surface area contributed by atoms with E-state index in [2.05, 4.69) is 48.2 Å². The van der Waals surface area contributed by atoms with E-state index in [9.17, 15) is 8.42 Å². The largest absolute Gasteiger partial charge is 0.308 e. The third-order valence-corrected chi connectivity index (χ3v) is 4.06. The minimum absolute atomic E-state index is 0.233. The standard InChI is InChI=1S/C15H26N2O2S/c1-6-14(13-9-7-12(2)8-10-13)16-11-15(3,4)17-20(5,18)19/h7-10,14,16-17H,6,11H2,1-5H3. The lowest BCUT2D eigenvalue weighted by atomic mass is 10.0. The normalized spacial score (nSPS) is 14.2. The molecule has 1 unspecified atom stereocenters. The highest BCUT2D eigenvalue weighted by molar-refractivity contribution is 7.88. The van der Waals surface area contributed by atoms with Crippen molar-refractivity contribution in [2.45, 2.75) is 45.7 Å². The molecular formula is C15H26N2O2S. The Hall–Kier alpha value is -0.910. The van der Waals surface area contributed by atoms with E-state index < -0.39 is 15.6 Å². The van der Waals surface area contributed by atoms with Crippen molar-refractivity contribution in [1.29, 1.82) is 0 Å². The average molecular weight is 298 g/mol. The fourth-order valence-corrected chi connectivity index (χ4v) is 3.29. The molecule has 0 aromatic heterocycles. The van der Waals surface area contributed by atoms with Gasteiger partial charge in [0.1, 0.15) is 0 Å². The zero-order chi connectivity index (χ0) is 15.4. The van der Waals surface area contributed by atoms with Crippen LogP contribution in [0.2, 0.25) is 0 Å². The smallest absolute Gasteiger partial charge is 0.209 e. The first-order chi connectivity index (χ1) is 9.13. The number of sulfonamides is 1. The van der Waals surface area contributed by atoms with Gasteiger partial charge in [-0.25, -0.2) is 13.1 Å². The van der Waals surface area contributed by atoms with Crippen molar-refractivity contribution < 1.29 is 8.42 Å². The first kappa shape index (κ1) is 17.1. The number of nitrogens with one attached hydrogen (secondary N) is 2. The molecule has 1 aromatic carbocycles. The van der Waals surface area contributed by atoms with E-state index in [-0.39, 0.29) is 6.04 Å². The molecular weight excluding hydrogens is 272 g/mol. The Morgan fingerprint density at radius 2 is 1.75 bits per heavy atom. The lowest BCUT2D eigenvalue weighted by molar-refractivity contribution is 0.386. The van der Waals surface area contributed by atoms with Crippen molar-refractivity contribution in [3.63, 3.8) is 0 Å². The Bertz CT molecular complexity index is 521. The van der Waals surface area contributed by atoms with Crippen LogP contribution in [-0.2, 0) is 10.0 Å². The number of aryl methyl sites for hydroxylation is 1. The summed E-state index contributed by atoms with van der Waals surface area (Å²) in [7, 11) is -3.20. The number of hydrogen-bond donors (Lipinski definition) is 2. The van der Waals surface area contributed by atoms with Crippen molar-refractivity contribution in [2.75, 3.05) is 12.8 Å². The summed E-state index contributed by atoms with van der Waals surface area (Å²) < 4.78 is 25.3. The second kappa shape index (κ2) is 6.70. The molecule has 0 radical (unpaired) electrons. The molecule has 0 spiro atoms. The molecule has 0 aliphatic carbocycles. The maximum atomic E-state index is 11.3. The van der Waals surface area contributed by atoms with E-state index in [1.807, 2.05) is 13.8 Å². The van der Waals surface area contributed by atoms with E-state index in [1.54, 1.807) is 0 Å². The van der Waals surface area contributed by atoms with Gasteiger partial charge in [0.15, 0.2) is 0 Å². The topological polar surface area (TPSA) is 58.2 Å². The maximum absolute atomic E-state index is 11.3. The molecule has 114 valence electrons. The van der Waals surface area contributed by atoms with Crippen molar-refractivity contribution >= 4 is 10.0 Å². The molecule has 1 aromatic rings. The molecule has 0 fully saturated rings. The summed E-state index contributed by atoms with van der Waals surface area (Å²) in [6, 6.07) is 8.66. The molecule has 0 amide bonds. The zero-order valence-corrected chi connectivity index (χ0v) is 13.8. The highest BCUT2D eigenvalue weighted by Gasteiger charge is 2.23. The van der Waals surface area contributed by atoms with Crippen LogP contribution in [-0.4, -0.2) is 26.8 Å². The van der Waals surface area contributed by atoms with Crippen LogP contribution in [0.5, 0.6) is 0 Å². The molecule has 1 rings (SSSR count). The fourth-order valence-electron chi connectivity index (χ4n) is 2.21. The van der Waals surface area contributed by atoms with Crippen LogP contribution < -0.4 is 10.0 Å². The summed E-state index contributed by atoms with van der Waals surface area (Å²) in [6.45, 7) is 8.52. The quantitative estimate of drug-likeness (QED) is 0.812. The molecule has 4 nitrogen and oxygen atoms in total. The molecule has 5 heteroatoms. The Morgan fingerprint density at radius 3 is 2.20 bits per heavy atom. The summed E-state index contributed by atoms with van der Waals surface area (Å²) in [5, 5.41) is 3.44. The monoisotopic (exact) mass is 298 g/mol. The SMILES string of the molecule is CCC(NCC(C)(C)NS(C)(=O)=O)c1ccc(C)cc1. The molecule has 0 heterocycles. The minimum Gasteiger partial charge on any atom is -0.308 e. The number of hydrogen-bond acceptors (Lipinski definition) is 3. The van der Waals surface area contributed by atoms with Gasteiger partial charge in [-0.05, 0) is 32.8 Å². The van der Waals surface area contributed by atoms with Crippen molar-refractivity contribution in [3.8, 4) is 0 Å². The molecule has 20 heavy (non-hydrogen) atoms. The van der Waals surface area contributed by atoms with Crippen LogP contribution in [0.1, 0.15) is 44.4 Å². The van der Waals surface area contributed by atoms with Gasteiger partial charge in [0.25, 0.3) is 0 Å². The predicted molar refractivity (Wildman–Crippen MR) is 84.3 cm³/mol. The van der Waals surface area contributed by atoms with Crippen LogP contribution in [0.25, 0.3) is 0 Å². The Labute approximate surface area is 123 Å². The van der Waals surface area contributed by atoms with Crippen molar-refractivity contribution in [2.24, 2.45) is 0 Å². The van der Waals surface area contributed by atoms with E-state index >= 15 is 0 Å². The van der Waals surface area contributed by atoms with E-state index in [4.69, 9.17) is 0 Å². The summed E-state index contributed by atoms with van der Waals surface area (Å²) in [6.07, 6.45) is 2.14. The third-order valence-electron chi connectivity index (χ3n) is 3.14. The summed E-state index contributed by atoms with van der Waals surface area (Å²) >= 11 is 0. The third kappa shape index (κ3) is 6.03. The first-order valence-electron chi connectivity index (χ1n) is 6.92. The fraction of sp³-hybridized carbons (Fsp3) is 0.600. The molecule has 0 aliphatic heterocycles. The lowest BCUT2D eigenvalue weighted by Crippen LogP contribution is -2.50. The van der Waals surface area contributed by atoms with Gasteiger partial charge in [-0.1, -0.05) is 36.8 Å². The van der Waals surface area contributed by atoms with Crippen LogP contribution in [0, 0.1) is 6.92 Å². The van der Waals surface area contributed by atoms with Gasteiger partial charge in [-0.15, -0.1) is 0 Å². The number of benzene rings is 1. The van der Waals surface area contributed by atoms with Gasteiger partial charge >= 0.3 is 0 Å². The summed E-state index contributed by atoms with van der Waals surface area (Å²) in [5.41, 5.74) is 1.96. The summed E-state index contributed by atoms with van der Waals surface area (Å²) in [4.78, 5) is 0. The second-order valence-corrected chi connectivity index (χ2v) is 7.76. The van der Waals surface area contributed by atoms with Gasteiger partial charge < -0.3 is 5.32 Å². The van der Waals surface area contributed by atoms with E-state index in [1.165, 1.54) is 17.4 Å². The van der Waals surface area contributed by atoms with Crippen molar-refractivity contribution in [3.05, 3.63) is 35.4 Å². The Kier molecular flexibility index (Phi) is 5.74. The van der Waals surface area contributed by atoms with Gasteiger partial charge in [-0.3, -0.25) is 0 Å². The molecule has 0 saturated carbocycles. The molecule has 0 aliphatic rings. The molecule has 0 saturated heterocycles. The van der Waals surface area contributed by atoms with Gasteiger partial charge in [0, 0.05) is 18.1 Å². The van der Waals surface area contributed by atoms with Gasteiger partial charge in [0.2, 0.25) is 10.0 Å². The Balaban J connectivity index is 2.68. The highest BCUT2D eigenvalue weighted by atomic mass is 32.2. The second-order valence-electron chi connectivity index (χ2n) is 6.01. The number of rotatable bonds is 7.